The third-order valence-electron chi connectivity index (χ3n) is 4.63. The first-order valence-electron chi connectivity index (χ1n) is 8.62. The van der Waals surface area contributed by atoms with Crippen LogP contribution in [0.3, 0.4) is 0 Å². The predicted octanol–water partition coefficient (Wildman–Crippen LogP) is 3.21. The van der Waals surface area contributed by atoms with Gasteiger partial charge in [0.15, 0.2) is 0 Å². The summed E-state index contributed by atoms with van der Waals surface area (Å²) in [6, 6.07) is 15.8. The second-order valence-corrected chi connectivity index (χ2v) is 7.14. The Morgan fingerprint density at radius 1 is 1.27 bits per heavy atom. The molecule has 0 radical (unpaired) electrons. The smallest absolute Gasteiger partial charge is 0.269 e. The first-order valence-corrected chi connectivity index (χ1v) is 8.99. The first-order chi connectivity index (χ1) is 12.6. The number of aryl methyl sites for hydroxylation is 1. The minimum atomic E-state index is -0.780. The van der Waals surface area contributed by atoms with Crippen molar-refractivity contribution in [2.75, 3.05) is 20.4 Å². The minimum Gasteiger partial charge on any atom is -0.450 e. The van der Waals surface area contributed by atoms with Crippen LogP contribution in [0, 0.1) is 6.92 Å². The zero-order chi connectivity index (χ0) is 18.1. The summed E-state index contributed by atoms with van der Waals surface area (Å²) in [7, 11) is 2.00. The molecule has 0 aromatic heterocycles. The number of rotatable bonds is 5. The highest BCUT2D eigenvalue weighted by atomic mass is 35.5. The summed E-state index contributed by atoms with van der Waals surface area (Å²) in [4.78, 5) is 2.04. The highest BCUT2D eigenvalue weighted by molar-refractivity contribution is 6.30. The summed E-state index contributed by atoms with van der Waals surface area (Å²) in [6.07, 6.45) is 0. The largest absolute Gasteiger partial charge is 0.450 e. The van der Waals surface area contributed by atoms with Crippen LogP contribution in [-0.2, 0) is 11.3 Å². The summed E-state index contributed by atoms with van der Waals surface area (Å²) in [5, 5.41) is 7.71. The fourth-order valence-corrected chi connectivity index (χ4v) is 3.35. The molecule has 5 nitrogen and oxygen atoms in total. The Kier molecular flexibility index (Phi) is 4.53. The van der Waals surface area contributed by atoms with Gasteiger partial charge in [0, 0.05) is 18.6 Å². The number of hydrogen-bond donors (Lipinski definition) is 2. The van der Waals surface area contributed by atoms with Gasteiger partial charge in [0.05, 0.1) is 12.2 Å². The van der Waals surface area contributed by atoms with Crippen molar-refractivity contribution in [2.24, 2.45) is 0 Å². The summed E-state index contributed by atoms with van der Waals surface area (Å²) >= 11 is 5.98. The molecule has 0 unspecified atom stereocenters. The molecule has 1 atom stereocenters. The molecule has 26 heavy (non-hydrogen) atoms. The van der Waals surface area contributed by atoms with E-state index in [2.05, 4.69) is 23.6 Å². The lowest BCUT2D eigenvalue weighted by Gasteiger charge is -2.51. The highest BCUT2D eigenvalue weighted by Gasteiger charge is 2.50. The van der Waals surface area contributed by atoms with Crippen molar-refractivity contribution in [1.82, 2.24) is 15.5 Å². The zero-order valence-corrected chi connectivity index (χ0v) is 15.6. The number of nitrogens with one attached hydrogen (secondary N) is 2. The van der Waals surface area contributed by atoms with Gasteiger partial charge in [-0.25, -0.2) is 0 Å². The molecule has 2 aromatic carbocycles. The lowest BCUT2D eigenvalue weighted by molar-refractivity contribution is -0.0620. The number of halogens is 1. The Morgan fingerprint density at radius 2 is 2.08 bits per heavy atom. The normalized spacial score (nSPS) is 21.7. The summed E-state index contributed by atoms with van der Waals surface area (Å²) in [5.41, 5.74) is 3.35. The molecule has 6 heteroatoms. The maximum absolute atomic E-state index is 6.37. The van der Waals surface area contributed by atoms with Crippen LogP contribution in [0.25, 0.3) is 0 Å². The van der Waals surface area contributed by atoms with Crippen LogP contribution in [0.4, 0.5) is 0 Å². The van der Waals surface area contributed by atoms with Crippen LogP contribution in [0.15, 0.2) is 59.9 Å². The van der Waals surface area contributed by atoms with Gasteiger partial charge in [0.25, 0.3) is 5.85 Å². The van der Waals surface area contributed by atoms with Crippen molar-refractivity contribution in [3.8, 4) is 5.75 Å². The van der Waals surface area contributed by atoms with Gasteiger partial charge in [0.1, 0.15) is 18.3 Å². The van der Waals surface area contributed by atoms with E-state index >= 15 is 0 Å². The van der Waals surface area contributed by atoms with E-state index in [4.69, 9.17) is 21.1 Å². The lowest BCUT2D eigenvalue weighted by Crippen LogP contribution is -2.72. The van der Waals surface area contributed by atoms with Gasteiger partial charge >= 0.3 is 0 Å². The van der Waals surface area contributed by atoms with Crippen molar-refractivity contribution in [1.29, 1.82) is 0 Å². The molecule has 2 N–H and O–H groups in total. The molecule has 4 rings (SSSR count). The molecular weight excluding hydrogens is 350 g/mol. The van der Waals surface area contributed by atoms with Crippen molar-refractivity contribution >= 4 is 11.6 Å². The molecule has 0 aliphatic carbocycles. The predicted molar refractivity (Wildman–Crippen MR) is 102 cm³/mol. The topological polar surface area (TPSA) is 45.8 Å². The molecule has 2 aliphatic heterocycles. The molecule has 0 fully saturated rings. The Morgan fingerprint density at radius 3 is 2.85 bits per heavy atom. The van der Waals surface area contributed by atoms with E-state index in [9.17, 15) is 0 Å². The SMILES string of the molecule is Cc1cccc(O[C@]2(NCc3ccc(Cl)cc3)NC3=C2COCN3C)c1. The highest BCUT2D eigenvalue weighted by Crippen LogP contribution is 2.35. The minimum absolute atomic E-state index is 0.534. The maximum Gasteiger partial charge on any atom is 0.269 e. The number of nitrogens with zero attached hydrogens (tertiary/aromatic N) is 1. The zero-order valence-electron chi connectivity index (χ0n) is 14.9. The van der Waals surface area contributed by atoms with Crippen LogP contribution in [0.5, 0.6) is 5.75 Å². The van der Waals surface area contributed by atoms with Gasteiger partial charge in [-0.2, -0.15) is 0 Å². The Balaban J connectivity index is 1.59. The second kappa shape index (κ2) is 6.83. The Hall–Kier alpha value is -2.21. The maximum atomic E-state index is 6.37. The fourth-order valence-electron chi connectivity index (χ4n) is 3.23. The molecule has 0 spiro atoms. The molecule has 2 aliphatic rings. The summed E-state index contributed by atoms with van der Waals surface area (Å²) < 4.78 is 12.1. The third kappa shape index (κ3) is 3.26. The molecule has 0 saturated carbocycles. The summed E-state index contributed by atoms with van der Waals surface area (Å²) in [6.45, 7) is 3.79. The molecule has 2 aromatic rings. The van der Waals surface area contributed by atoms with Crippen LogP contribution < -0.4 is 15.4 Å². The molecule has 2 heterocycles. The first kappa shape index (κ1) is 17.2. The van der Waals surface area contributed by atoms with Gasteiger partial charge < -0.3 is 19.7 Å². The molecular formula is C20H22ClN3O2. The van der Waals surface area contributed by atoms with Crippen LogP contribution in [-0.4, -0.2) is 31.1 Å². The number of benzene rings is 2. The average molecular weight is 372 g/mol. The van der Waals surface area contributed by atoms with Crippen molar-refractivity contribution in [3.05, 3.63) is 76.1 Å². The van der Waals surface area contributed by atoms with Gasteiger partial charge in [0.2, 0.25) is 0 Å². The van der Waals surface area contributed by atoms with E-state index in [0.29, 0.717) is 19.9 Å². The quantitative estimate of drug-likeness (QED) is 0.790. The fraction of sp³-hybridized carbons (Fsp3) is 0.300. The van der Waals surface area contributed by atoms with Crippen LogP contribution in [0.1, 0.15) is 11.1 Å². The van der Waals surface area contributed by atoms with E-state index in [1.165, 1.54) is 0 Å². The van der Waals surface area contributed by atoms with Gasteiger partial charge in [-0.1, -0.05) is 35.9 Å². The van der Waals surface area contributed by atoms with E-state index < -0.39 is 5.85 Å². The van der Waals surface area contributed by atoms with Crippen LogP contribution in [0.2, 0.25) is 5.02 Å². The average Bonchev–Trinajstić information content (AvgIpc) is 2.61. The second-order valence-electron chi connectivity index (χ2n) is 6.71. The monoisotopic (exact) mass is 371 g/mol. The van der Waals surface area contributed by atoms with Gasteiger partial charge in [-0.15, -0.1) is 0 Å². The lowest BCUT2D eigenvalue weighted by atomic mass is 10.0. The number of ether oxygens (including phenoxy) is 2. The van der Waals surface area contributed by atoms with Crippen molar-refractivity contribution in [2.45, 2.75) is 19.3 Å². The molecule has 0 amide bonds. The third-order valence-corrected chi connectivity index (χ3v) is 4.89. The van der Waals surface area contributed by atoms with E-state index in [1.54, 1.807) is 0 Å². The Labute approximate surface area is 158 Å². The molecule has 136 valence electrons. The van der Waals surface area contributed by atoms with Crippen LogP contribution >= 0.6 is 11.6 Å². The number of hydrogen-bond acceptors (Lipinski definition) is 5. The van der Waals surface area contributed by atoms with Gasteiger partial charge in [-0.3, -0.25) is 5.32 Å². The standard InChI is InChI=1S/C20H22ClN3O2/c1-14-4-3-5-17(10-14)26-20(18-12-25-13-24(2)19(18)23-20)22-11-15-6-8-16(21)9-7-15/h3-10,22-23H,11-13H2,1-2H3/t20-/m1/s1. The van der Waals surface area contributed by atoms with E-state index in [0.717, 1.165) is 33.3 Å². The van der Waals surface area contributed by atoms with E-state index in [-0.39, 0.29) is 0 Å². The Bertz CT molecular complexity index is 837. The van der Waals surface area contributed by atoms with Gasteiger partial charge in [-0.05, 0) is 42.3 Å². The van der Waals surface area contributed by atoms with E-state index in [1.807, 2.05) is 54.4 Å². The van der Waals surface area contributed by atoms with Crippen molar-refractivity contribution in [3.63, 3.8) is 0 Å². The molecule has 0 saturated heterocycles. The van der Waals surface area contributed by atoms with Crippen molar-refractivity contribution < 1.29 is 9.47 Å². The summed E-state index contributed by atoms with van der Waals surface area (Å²) in [5.74, 6) is 1.09. The molecule has 0 bridgehead atoms.